The van der Waals surface area contributed by atoms with Gasteiger partial charge in [0.05, 0.1) is 6.42 Å². The Bertz CT molecular complexity index is 889. The molecule has 30 heavy (non-hydrogen) atoms. The van der Waals surface area contributed by atoms with E-state index in [4.69, 9.17) is 4.98 Å². The lowest BCUT2D eigenvalue weighted by Gasteiger charge is -2.23. The van der Waals surface area contributed by atoms with Gasteiger partial charge < -0.3 is 15.3 Å². The number of rotatable bonds is 8. The number of nitrogens with zero attached hydrogens (tertiary/aromatic N) is 2. The smallest absolute Gasteiger partial charge is 0.304 e. The van der Waals surface area contributed by atoms with E-state index in [0.29, 0.717) is 5.92 Å². The number of carbonyl (C=O) groups is 1. The number of anilines is 1. The molecular formula is C24H30BrN3O2. The molecule has 1 aromatic carbocycles. The van der Waals surface area contributed by atoms with Crippen molar-refractivity contribution in [3.8, 4) is 0 Å². The molecule has 0 aliphatic carbocycles. The lowest BCUT2D eigenvalue weighted by Crippen LogP contribution is -2.28. The first-order chi connectivity index (χ1) is 14.6. The van der Waals surface area contributed by atoms with E-state index in [2.05, 4.69) is 44.3 Å². The molecule has 4 rings (SSSR count). The average molecular weight is 472 g/mol. The summed E-state index contributed by atoms with van der Waals surface area (Å²) in [5, 5.41) is 12.8. The van der Waals surface area contributed by atoms with E-state index < -0.39 is 5.97 Å². The molecular weight excluding hydrogens is 442 g/mol. The Hall–Kier alpha value is -1.92. The minimum Gasteiger partial charge on any atom is -0.481 e. The zero-order valence-corrected chi connectivity index (χ0v) is 18.9. The van der Waals surface area contributed by atoms with Gasteiger partial charge in [0.15, 0.2) is 0 Å². The van der Waals surface area contributed by atoms with Crippen molar-refractivity contribution in [2.24, 2.45) is 5.92 Å². The second-order valence-corrected chi connectivity index (χ2v) is 9.56. The summed E-state index contributed by atoms with van der Waals surface area (Å²) >= 11 is 3.51. The first-order valence-electron chi connectivity index (χ1n) is 11.0. The largest absolute Gasteiger partial charge is 0.481 e. The van der Waals surface area contributed by atoms with Gasteiger partial charge in [-0.1, -0.05) is 34.1 Å². The predicted octanol–water partition coefficient (Wildman–Crippen LogP) is 4.72. The van der Waals surface area contributed by atoms with E-state index in [-0.39, 0.29) is 12.3 Å². The van der Waals surface area contributed by atoms with Crippen LogP contribution < -0.4 is 5.32 Å². The van der Waals surface area contributed by atoms with Crippen LogP contribution in [0, 0.1) is 5.92 Å². The van der Waals surface area contributed by atoms with E-state index in [1.165, 1.54) is 24.1 Å². The van der Waals surface area contributed by atoms with Crippen molar-refractivity contribution >= 4 is 27.7 Å². The molecule has 6 heteroatoms. The molecule has 2 atom stereocenters. The number of fused-ring (bicyclic) bond motifs is 1. The van der Waals surface area contributed by atoms with Crippen LogP contribution in [0.25, 0.3) is 0 Å². The third-order valence-electron chi connectivity index (χ3n) is 6.35. The first-order valence-corrected chi connectivity index (χ1v) is 11.8. The number of carboxylic acid groups (broad SMARTS) is 1. The van der Waals surface area contributed by atoms with Crippen LogP contribution in [0.3, 0.4) is 0 Å². The van der Waals surface area contributed by atoms with Crippen LogP contribution in [0.5, 0.6) is 0 Å². The summed E-state index contributed by atoms with van der Waals surface area (Å²) in [4.78, 5) is 18.7. The molecule has 0 amide bonds. The van der Waals surface area contributed by atoms with Gasteiger partial charge in [-0.3, -0.25) is 4.79 Å². The molecule has 160 valence electrons. The van der Waals surface area contributed by atoms with Gasteiger partial charge in [-0.05, 0) is 73.9 Å². The molecule has 2 aliphatic rings. The summed E-state index contributed by atoms with van der Waals surface area (Å²) < 4.78 is 1.00. The summed E-state index contributed by atoms with van der Waals surface area (Å²) in [5.41, 5.74) is 3.62. The highest BCUT2D eigenvalue weighted by molar-refractivity contribution is 9.10. The average Bonchev–Trinajstić information content (AvgIpc) is 3.19. The van der Waals surface area contributed by atoms with Gasteiger partial charge in [0.25, 0.3) is 0 Å². The summed E-state index contributed by atoms with van der Waals surface area (Å²) in [6, 6.07) is 12.5. The lowest BCUT2D eigenvalue weighted by molar-refractivity contribution is -0.137. The molecule has 2 aliphatic heterocycles. The maximum absolute atomic E-state index is 11.4. The monoisotopic (exact) mass is 471 g/mol. The molecule has 1 saturated heterocycles. The number of benzene rings is 1. The van der Waals surface area contributed by atoms with Crippen molar-refractivity contribution in [2.75, 3.05) is 31.5 Å². The number of halogens is 1. The van der Waals surface area contributed by atoms with E-state index >= 15 is 0 Å². The van der Waals surface area contributed by atoms with Crippen molar-refractivity contribution in [1.82, 2.24) is 9.88 Å². The summed E-state index contributed by atoms with van der Waals surface area (Å²) in [6.07, 6.45) is 5.82. The number of hydrogen-bond acceptors (Lipinski definition) is 4. The number of carboxylic acids is 1. The van der Waals surface area contributed by atoms with Crippen molar-refractivity contribution in [1.29, 1.82) is 0 Å². The zero-order chi connectivity index (χ0) is 20.9. The number of hydrogen-bond donors (Lipinski definition) is 2. The fraction of sp³-hybridized carbons (Fsp3) is 0.500. The molecule has 1 aromatic heterocycles. The minimum atomic E-state index is -0.734. The third-order valence-corrected chi connectivity index (χ3v) is 6.84. The number of nitrogens with one attached hydrogen (secondary N) is 1. The number of aryl methyl sites for hydroxylation is 2. The highest BCUT2D eigenvalue weighted by Crippen LogP contribution is 2.28. The van der Waals surface area contributed by atoms with Crippen LogP contribution in [0.4, 0.5) is 5.82 Å². The van der Waals surface area contributed by atoms with E-state index in [1.807, 2.05) is 18.2 Å². The Morgan fingerprint density at radius 1 is 1.33 bits per heavy atom. The van der Waals surface area contributed by atoms with Crippen molar-refractivity contribution in [3.05, 3.63) is 57.7 Å². The molecule has 0 spiro atoms. The molecule has 2 unspecified atom stereocenters. The Kier molecular flexibility index (Phi) is 7.05. The lowest BCUT2D eigenvalue weighted by atomic mass is 9.95. The number of likely N-dealkylation sites (tertiary alicyclic amines) is 1. The molecule has 2 N–H and O–H groups in total. The maximum Gasteiger partial charge on any atom is 0.304 e. The molecule has 0 radical (unpaired) electrons. The van der Waals surface area contributed by atoms with Gasteiger partial charge >= 0.3 is 5.97 Å². The predicted molar refractivity (Wildman–Crippen MR) is 123 cm³/mol. The topological polar surface area (TPSA) is 65.5 Å². The molecule has 2 aromatic rings. The highest BCUT2D eigenvalue weighted by atomic mass is 79.9. The molecule has 3 heterocycles. The van der Waals surface area contributed by atoms with E-state index in [9.17, 15) is 9.90 Å². The van der Waals surface area contributed by atoms with Gasteiger partial charge in [0.1, 0.15) is 5.82 Å². The number of pyridine rings is 1. The molecule has 5 nitrogen and oxygen atoms in total. The fourth-order valence-corrected chi connectivity index (χ4v) is 5.16. The zero-order valence-electron chi connectivity index (χ0n) is 17.3. The Morgan fingerprint density at radius 3 is 3.07 bits per heavy atom. The van der Waals surface area contributed by atoms with Gasteiger partial charge in [-0.25, -0.2) is 4.98 Å². The van der Waals surface area contributed by atoms with Gasteiger partial charge in [-0.2, -0.15) is 0 Å². The summed E-state index contributed by atoms with van der Waals surface area (Å²) in [7, 11) is 0. The van der Waals surface area contributed by atoms with Gasteiger partial charge in [-0.15, -0.1) is 0 Å². The second-order valence-electron chi connectivity index (χ2n) is 8.64. The quantitative estimate of drug-likeness (QED) is 0.583. The number of aliphatic carboxylic acids is 1. The van der Waals surface area contributed by atoms with Crippen LogP contribution in [0.1, 0.15) is 48.4 Å². The van der Waals surface area contributed by atoms with Crippen LogP contribution in [-0.2, 0) is 17.6 Å². The highest BCUT2D eigenvalue weighted by Gasteiger charge is 2.26. The van der Waals surface area contributed by atoms with Crippen LogP contribution >= 0.6 is 15.9 Å². The minimum absolute atomic E-state index is 0.0205. The summed E-state index contributed by atoms with van der Waals surface area (Å²) in [5.74, 6) is 1.02. The first kappa shape index (κ1) is 21.3. The normalized spacial score (nSPS) is 19.8. The standard InChI is InChI=1S/C24H30BrN3O2/c25-21-5-1-3-19(13-21)20(14-23(29)30)16-28-12-10-17(15-28)6-8-22-9-7-18-4-2-11-26-24(18)27-22/h1,3,5,7,9,13,17,20H,2,4,6,8,10-12,14-16H2,(H,26,27)(H,29,30). The summed E-state index contributed by atoms with van der Waals surface area (Å²) in [6.45, 7) is 3.93. The van der Waals surface area contributed by atoms with Crippen molar-refractivity contribution in [2.45, 2.75) is 44.4 Å². The van der Waals surface area contributed by atoms with Crippen LogP contribution in [0.2, 0.25) is 0 Å². The second kappa shape index (κ2) is 9.92. The van der Waals surface area contributed by atoms with Crippen LogP contribution in [-0.4, -0.2) is 47.1 Å². The molecule has 1 fully saturated rings. The Balaban J connectivity index is 1.31. The van der Waals surface area contributed by atoms with Crippen LogP contribution in [0.15, 0.2) is 40.9 Å². The number of aromatic nitrogens is 1. The Morgan fingerprint density at radius 2 is 2.23 bits per heavy atom. The van der Waals surface area contributed by atoms with Crippen molar-refractivity contribution in [3.63, 3.8) is 0 Å². The van der Waals surface area contributed by atoms with Crippen molar-refractivity contribution < 1.29 is 9.90 Å². The maximum atomic E-state index is 11.4. The SMILES string of the molecule is O=C(O)CC(CN1CCC(CCc2ccc3c(n2)NCCC3)C1)c1cccc(Br)c1. The molecule has 0 saturated carbocycles. The Labute approximate surface area is 187 Å². The molecule has 0 bridgehead atoms. The fourth-order valence-electron chi connectivity index (χ4n) is 4.75. The van der Waals surface area contributed by atoms with E-state index in [1.54, 1.807) is 0 Å². The van der Waals surface area contributed by atoms with E-state index in [0.717, 1.165) is 61.3 Å². The van der Waals surface area contributed by atoms with Gasteiger partial charge in [0.2, 0.25) is 0 Å². The third kappa shape index (κ3) is 5.61. The van der Waals surface area contributed by atoms with Gasteiger partial charge in [0, 0.05) is 35.7 Å².